The Balaban J connectivity index is 1.62. The van der Waals surface area contributed by atoms with Crippen molar-refractivity contribution in [3.8, 4) is 5.75 Å². The summed E-state index contributed by atoms with van der Waals surface area (Å²) in [6.07, 6.45) is 1.20. The van der Waals surface area contributed by atoms with Gasteiger partial charge in [-0.15, -0.1) is 0 Å². The van der Waals surface area contributed by atoms with Crippen molar-refractivity contribution in [3.05, 3.63) is 65.2 Å². The van der Waals surface area contributed by atoms with E-state index in [9.17, 15) is 9.59 Å². The normalized spacial score (nSPS) is 14.6. The van der Waals surface area contributed by atoms with Gasteiger partial charge in [0, 0.05) is 31.7 Å². The fourth-order valence-corrected chi connectivity index (χ4v) is 3.39. The van der Waals surface area contributed by atoms with Gasteiger partial charge in [-0.25, -0.2) is 0 Å². The van der Waals surface area contributed by atoms with Gasteiger partial charge in [0.1, 0.15) is 5.75 Å². The summed E-state index contributed by atoms with van der Waals surface area (Å²) in [5.41, 5.74) is 2.82. The Morgan fingerprint density at radius 1 is 0.963 bits per heavy atom. The molecule has 0 bridgehead atoms. The molecule has 0 radical (unpaired) electrons. The molecule has 5 heteroatoms. The Labute approximate surface area is 160 Å². The zero-order valence-electron chi connectivity index (χ0n) is 16.0. The predicted molar refractivity (Wildman–Crippen MR) is 105 cm³/mol. The molecule has 1 fully saturated rings. The van der Waals surface area contributed by atoms with E-state index in [2.05, 4.69) is 0 Å². The summed E-state index contributed by atoms with van der Waals surface area (Å²) >= 11 is 0. The maximum absolute atomic E-state index is 12.8. The lowest BCUT2D eigenvalue weighted by Gasteiger charge is -2.22. The first-order valence-corrected chi connectivity index (χ1v) is 9.34. The average Bonchev–Trinajstić information content (AvgIpc) is 2.95. The molecule has 27 heavy (non-hydrogen) atoms. The Morgan fingerprint density at radius 2 is 1.70 bits per heavy atom. The molecule has 1 aliphatic heterocycles. The van der Waals surface area contributed by atoms with E-state index < -0.39 is 0 Å². The zero-order valence-corrected chi connectivity index (χ0v) is 16.0. The first-order valence-electron chi connectivity index (χ1n) is 9.34. The van der Waals surface area contributed by atoms with Crippen LogP contribution < -0.4 is 4.74 Å². The zero-order chi connectivity index (χ0) is 19.2. The summed E-state index contributed by atoms with van der Waals surface area (Å²) in [7, 11) is 1.59. The van der Waals surface area contributed by atoms with Crippen molar-refractivity contribution in [1.82, 2.24) is 9.80 Å². The summed E-state index contributed by atoms with van der Waals surface area (Å²) in [4.78, 5) is 29.2. The molecule has 2 aromatic carbocycles. The lowest BCUT2D eigenvalue weighted by Crippen LogP contribution is -2.38. The van der Waals surface area contributed by atoms with Gasteiger partial charge in [0.15, 0.2) is 0 Å². The molecule has 142 valence electrons. The minimum Gasteiger partial charge on any atom is -0.497 e. The fourth-order valence-electron chi connectivity index (χ4n) is 3.39. The SMILES string of the molecule is COc1cccc(C(=O)N2CCCN(C(=O)Cc3ccccc3C)CC2)c1. The maximum atomic E-state index is 12.8. The number of carbonyl (C=O) groups is 2. The number of aryl methyl sites for hydroxylation is 1. The van der Waals surface area contributed by atoms with Crippen LogP contribution in [-0.2, 0) is 11.2 Å². The van der Waals surface area contributed by atoms with Gasteiger partial charge in [-0.1, -0.05) is 30.3 Å². The van der Waals surface area contributed by atoms with Crippen LogP contribution in [0.3, 0.4) is 0 Å². The number of ether oxygens (including phenoxy) is 1. The quantitative estimate of drug-likeness (QED) is 0.836. The van der Waals surface area contributed by atoms with E-state index in [1.807, 2.05) is 53.1 Å². The summed E-state index contributed by atoms with van der Waals surface area (Å²) in [5, 5.41) is 0. The molecule has 2 aromatic rings. The second kappa shape index (κ2) is 8.71. The highest BCUT2D eigenvalue weighted by atomic mass is 16.5. The maximum Gasteiger partial charge on any atom is 0.254 e. The topological polar surface area (TPSA) is 49.9 Å². The van der Waals surface area contributed by atoms with E-state index in [4.69, 9.17) is 4.74 Å². The van der Waals surface area contributed by atoms with Gasteiger partial charge < -0.3 is 14.5 Å². The second-order valence-electron chi connectivity index (χ2n) is 6.86. The Bertz CT molecular complexity index is 819. The lowest BCUT2D eigenvalue weighted by atomic mass is 10.1. The molecule has 0 atom stereocenters. The van der Waals surface area contributed by atoms with E-state index in [-0.39, 0.29) is 11.8 Å². The molecule has 0 aromatic heterocycles. The largest absolute Gasteiger partial charge is 0.497 e. The molecule has 3 rings (SSSR count). The number of methoxy groups -OCH3 is 1. The first kappa shape index (κ1) is 19.0. The summed E-state index contributed by atoms with van der Waals surface area (Å²) in [5.74, 6) is 0.785. The molecular weight excluding hydrogens is 340 g/mol. The van der Waals surface area contributed by atoms with E-state index in [0.29, 0.717) is 43.9 Å². The lowest BCUT2D eigenvalue weighted by molar-refractivity contribution is -0.130. The van der Waals surface area contributed by atoms with E-state index >= 15 is 0 Å². The number of benzene rings is 2. The molecule has 0 saturated carbocycles. The van der Waals surface area contributed by atoms with Gasteiger partial charge in [-0.3, -0.25) is 9.59 Å². The molecule has 5 nitrogen and oxygen atoms in total. The second-order valence-corrected chi connectivity index (χ2v) is 6.86. The highest BCUT2D eigenvalue weighted by Gasteiger charge is 2.23. The molecule has 0 N–H and O–H groups in total. The van der Waals surface area contributed by atoms with Crippen LogP contribution in [-0.4, -0.2) is 54.9 Å². The van der Waals surface area contributed by atoms with Gasteiger partial charge >= 0.3 is 0 Å². The van der Waals surface area contributed by atoms with E-state index in [1.165, 1.54) is 0 Å². The van der Waals surface area contributed by atoms with Crippen molar-refractivity contribution in [3.63, 3.8) is 0 Å². The molecule has 1 saturated heterocycles. The molecule has 0 spiro atoms. The van der Waals surface area contributed by atoms with Gasteiger partial charge in [0.2, 0.25) is 5.91 Å². The van der Waals surface area contributed by atoms with Crippen LogP contribution in [0, 0.1) is 6.92 Å². The highest BCUT2D eigenvalue weighted by molar-refractivity contribution is 5.94. The predicted octanol–water partition coefficient (Wildman–Crippen LogP) is 2.92. The van der Waals surface area contributed by atoms with Crippen LogP contribution in [0.15, 0.2) is 48.5 Å². The number of hydrogen-bond acceptors (Lipinski definition) is 3. The minimum absolute atomic E-state index is 0.0119. The smallest absolute Gasteiger partial charge is 0.254 e. The third kappa shape index (κ3) is 4.67. The van der Waals surface area contributed by atoms with Crippen molar-refractivity contribution in [2.45, 2.75) is 19.8 Å². The molecule has 0 aliphatic carbocycles. The Morgan fingerprint density at radius 3 is 2.48 bits per heavy atom. The van der Waals surface area contributed by atoms with Crippen LogP contribution in [0.5, 0.6) is 5.75 Å². The molecular formula is C22H26N2O3. The van der Waals surface area contributed by atoms with Gasteiger partial charge in [0.25, 0.3) is 5.91 Å². The van der Waals surface area contributed by atoms with Crippen LogP contribution in [0.25, 0.3) is 0 Å². The Hall–Kier alpha value is -2.82. The standard InChI is InChI=1S/C22H26N2O3/c1-17-7-3-4-8-18(17)16-21(25)23-11-6-12-24(14-13-23)22(26)19-9-5-10-20(15-19)27-2/h3-5,7-10,15H,6,11-14,16H2,1-2H3. The number of carbonyl (C=O) groups excluding carboxylic acids is 2. The molecule has 1 heterocycles. The van der Waals surface area contributed by atoms with Crippen molar-refractivity contribution in [1.29, 1.82) is 0 Å². The summed E-state index contributed by atoms with van der Waals surface area (Å²) < 4.78 is 5.21. The van der Waals surface area contributed by atoms with Crippen LogP contribution >= 0.6 is 0 Å². The summed E-state index contributed by atoms with van der Waals surface area (Å²) in [6, 6.07) is 15.2. The van der Waals surface area contributed by atoms with Crippen molar-refractivity contribution >= 4 is 11.8 Å². The van der Waals surface area contributed by atoms with Crippen LogP contribution in [0.1, 0.15) is 27.9 Å². The molecule has 2 amide bonds. The summed E-state index contributed by atoms with van der Waals surface area (Å²) in [6.45, 7) is 4.49. The minimum atomic E-state index is -0.0119. The fraction of sp³-hybridized carbons (Fsp3) is 0.364. The van der Waals surface area contributed by atoms with Crippen molar-refractivity contribution in [2.24, 2.45) is 0 Å². The first-order chi connectivity index (χ1) is 13.1. The highest BCUT2D eigenvalue weighted by Crippen LogP contribution is 2.16. The Kier molecular flexibility index (Phi) is 6.12. The van der Waals surface area contributed by atoms with Gasteiger partial charge in [-0.05, 0) is 42.7 Å². The van der Waals surface area contributed by atoms with Crippen LogP contribution in [0.4, 0.5) is 0 Å². The number of rotatable bonds is 4. The van der Waals surface area contributed by atoms with Crippen molar-refractivity contribution in [2.75, 3.05) is 33.3 Å². The van der Waals surface area contributed by atoms with Crippen molar-refractivity contribution < 1.29 is 14.3 Å². The number of hydrogen-bond donors (Lipinski definition) is 0. The average molecular weight is 366 g/mol. The third-order valence-electron chi connectivity index (χ3n) is 5.06. The monoisotopic (exact) mass is 366 g/mol. The molecule has 1 aliphatic rings. The van der Waals surface area contributed by atoms with E-state index in [1.54, 1.807) is 19.2 Å². The number of amides is 2. The van der Waals surface area contributed by atoms with Gasteiger partial charge in [-0.2, -0.15) is 0 Å². The number of nitrogens with zero attached hydrogens (tertiary/aromatic N) is 2. The molecule has 0 unspecified atom stereocenters. The van der Waals surface area contributed by atoms with E-state index in [0.717, 1.165) is 17.5 Å². The van der Waals surface area contributed by atoms with Gasteiger partial charge in [0.05, 0.1) is 13.5 Å². The third-order valence-corrected chi connectivity index (χ3v) is 5.06. The van der Waals surface area contributed by atoms with Crippen LogP contribution in [0.2, 0.25) is 0 Å².